The Morgan fingerprint density at radius 3 is 2.66 bits per heavy atom. The van der Waals surface area contributed by atoms with Gasteiger partial charge in [-0.3, -0.25) is 19.2 Å². The predicted molar refractivity (Wildman–Crippen MR) is 101 cm³/mol. The van der Waals surface area contributed by atoms with Crippen LogP contribution in [0.15, 0.2) is 24.4 Å². The molecule has 1 fully saturated rings. The zero-order chi connectivity index (χ0) is 21.3. The smallest absolute Gasteiger partial charge is 0.323 e. The van der Waals surface area contributed by atoms with Crippen LogP contribution in [-0.4, -0.2) is 46.8 Å². The standard InChI is InChI=1S/C20H24F2N4O3/c1-11-12(10-24-26(11)3)9-23-19(27)14-8-16(20(28)29-4)25(2)18(14)13-6-5-7-15(21)17(13)22/h5-7,10,14,16,18H,8-9H2,1-4H3,(H,23,27)/t14-,16-,18-/m0/s1. The Balaban J connectivity index is 1.88. The molecule has 2 aromatic rings. The van der Waals surface area contributed by atoms with Crippen molar-refractivity contribution >= 4 is 11.9 Å². The Hall–Kier alpha value is -2.81. The van der Waals surface area contributed by atoms with E-state index in [9.17, 15) is 18.4 Å². The number of carbonyl (C=O) groups is 2. The van der Waals surface area contributed by atoms with Crippen molar-refractivity contribution in [3.8, 4) is 0 Å². The van der Waals surface area contributed by atoms with Crippen LogP contribution in [0.1, 0.15) is 29.3 Å². The van der Waals surface area contributed by atoms with Crippen molar-refractivity contribution in [1.82, 2.24) is 20.0 Å². The fourth-order valence-corrected chi connectivity index (χ4v) is 3.88. The van der Waals surface area contributed by atoms with E-state index < -0.39 is 35.6 Å². The van der Waals surface area contributed by atoms with Crippen LogP contribution < -0.4 is 5.32 Å². The summed E-state index contributed by atoms with van der Waals surface area (Å²) >= 11 is 0. The minimum absolute atomic E-state index is 0.0385. The number of aromatic nitrogens is 2. The molecule has 0 saturated carbocycles. The monoisotopic (exact) mass is 406 g/mol. The highest BCUT2D eigenvalue weighted by atomic mass is 19.2. The SMILES string of the molecule is COC(=O)[C@@H]1C[C@H](C(=O)NCc2cnn(C)c2C)[C@H](c2cccc(F)c2F)N1C. The number of likely N-dealkylation sites (tertiary alicyclic amines) is 1. The number of nitrogens with one attached hydrogen (secondary N) is 1. The van der Waals surface area contributed by atoms with E-state index in [1.807, 2.05) is 6.92 Å². The zero-order valence-corrected chi connectivity index (χ0v) is 16.8. The predicted octanol–water partition coefficient (Wildman–Crippen LogP) is 1.86. The summed E-state index contributed by atoms with van der Waals surface area (Å²) < 4.78 is 34.9. The van der Waals surface area contributed by atoms with Gasteiger partial charge in [0, 0.05) is 30.4 Å². The molecule has 3 rings (SSSR count). The summed E-state index contributed by atoms with van der Waals surface area (Å²) in [6, 6.07) is 2.31. The largest absolute Gasteiger partial charge is 0.468 e. The molecule has 0 spiro atoms. The Labute approximate surface area is 167 Å². The van der Waals surface area contributed by atoms with E-state index >= 15 is 0 Å². The zero-order valence-electron chi connectivity index (χ0n) is 16.8. The summed E-state index contributed by atoms with van der Waals surface area (Å²) in [5, 5.41) is 6.98. The quantitative estimate of drug-likeness (QED) is 0.767. The number of carbonyl (C=O) groups excluding carboxylic acids is 2. The normalized spacial score (nSPS) is 21.9. The van der Waals surface area contributed by atoms with Gasteiger partial charge in [-0.05, 0) is 26.5 Å². The third-order valence-electron chi connectivity index (χ3n) is 5.69. The van der Waals surface area contributed by atoms with Crippen molar-refractivity contribution in [3.63, 3.8) is 0 Å². The Bertz CT molecular complexity index is 930. The molecule has 0 radical (unpaired) electrons. The van der Waals surface area contributed by atoms with Gasteiger partial charge in [-0.2, -0.15) is 5.10 Å². The number of hydrogen-bond acceptors (Lipinski definition) is 5. The number of aryl methyl sites for hydroxylation is 1. The highest BCUT2D eigenvalue weighted by Gasteiger charge is 2.48. The van der Waals surface area contributed by atoms with Crippen LogP contribution in [-0.2, 0) is 27.9 Å². The lowest BCUT2D eigenvalue weighted by molar-refractivity contribution is -0.145. The molecule has 1 aliphatic rings. The molecule has 1 aromatic heterocycles. The third-order valence-corrected chi connectivity index (χ3v) is 5.69. The molecule has 0 aliphatic carbocycles. The number of halogens is 2. The second-order valence-electron chi connectivity index (χ2n) is 7.23. The van der Waals surface area contributed by atoms with E-state index in [-0.39, 0.29) is 24.4 Å². The van der Waals surface area contributed by atoms with Crippen LogP contribution in [0.5, 0.6) is 0 Å². The van der Waals surface area contributed by atoms with Gasteiger partial charge in [-0.25, -0.2) is 8.78 Å². The van der Waals surface area contributed by atoms with E-state index in [0.717, 1.165) is 17.3 Å². The molecule has 0 unspecified atom stereocenters. The molecule has 1 aromatic carbocycles. The van der Waals surface area contributed by atoms with E-state index in [4.69, 9.17) is 4.74 Å². The summed E-state index contributed by atoms with van der Waals surface area (Å²) in [4.78, 5) is 26.7. The van der Waals surface area contributed by atoms with E-state index in [2.05, 4.69) is 10.4 Å². The first kappa shape index (κ1) is 20.9. The van der Waals surface area contributed by atoms with E-state index in [1.54, 1.807) is 29.9 Å². The van der Waals surface area contributed by atoms with Gasteiger partial charge in [0.15, 0.2) is 11.6 Å². The van der Waals surface area contributed by atoms with Gasteiger partial charge in [0.1, 0.15) is 6.04 Å². The molecular formula is C20H24F2N4O3. The van der Waals surface area contributed by atoms with Crippen molar-refractivity contribution in [2.45, 2.75) is 32.0 Å². The third kappa shape index (κ3) is 3.87. The fourth-order valence-electron chi connectivity index (χ4n) is 3.88. The first-order chi connectivity index (χ1) is 13.8. The first-order valence-electron chi connectivity index (χ1n) is 9.25. The maximum atomic E-state index is 14.5. The number of esters is 1. The van der Waals surface area contributed by atoms with Crippen molar-refractivity contribution in [1.29, 1.82) is 0 Å². The molecule has 1 aliphatic heterocycles. The molecule has 0 bridgehead atoms. The number of amides is 1. The maximum Gasteiger partial charge on any atom is 0.323 e. The molecule has 1 N–H and O–H groups in total. The van der Waals surface area contributed by atoms with Crippen LogP contribution in [0.25, 0.3) is 0 Å². The molecule has 7 nitrogen and oxygen atoms in total. The second kappa shape index (κ2) is 8.28. The number of ether oxygens (including phenoxy) is 1. The van der Waals surface area contributed by atoms with Gasteiger partial charge in [0.05, 0.1) is 25.3 Å². The molecule has 156 valence electrons. The number of likely N-dealkylation sites (N-methyl/N-ethyl adjacent to an activating group) is 1. The van der Waals surface area contributed by atoms with Crippen LogP contribution in [0.2, 0.25) is 0 Å². The highest BCUT2D eigenvalue weighted by Crippen LogP contribution is 2.41. The van der Waals surface area contributed by atoms with Gasteiger partial charge in [-0.15, -0.1) is 0 Å². The van der Waals surface area contributed by atoms with Gasteiger partial charge < -0.3 is 10.1 Å². The molecular weight excluding hydrogens is 382 g/mol. The molecule has 1 amide bonds. The van der Waals surface area contributed by atoms with Crippen molar-refractivity contribution in [3.05, 3.63) is 52.9 Å². The lowest BCUT2D eigenvalue weighted by Gasteiger charge is -2.27. The second-order valence-corrected chi connectivity index (χ2v) is 7.23. The molecule has 29 heavy (non-hydrogen) atoms. The van der Waals surface area contributed by atoms with Gasteiger partial charge in [0.25, 0.3) is 0 Å². The Morgan fingerprint density at radius 1 is 1.31 bits per heavy atom. The molecule has 2 heterocycles. The Kier molecular flexibility index (Phi) is 5.97. The van der Waals surface area contributed by atoms with Crippen LogP contribution in [0.4, 0.5) is 8.78 Å². The number of methoxy groups -OCH3 is 1. The summed E-state index contributed by atoms with van der Waals surface area (Å²) in [5.41, 5.74) is 1.80. The van der Waals surface area contributed by atoms with Crippen LogP contribution in [0, 0.1) is 24.5 Å². The van der Waals surface area contributed by atoms with Gasteiger partial charge >= 0.3 is 5.97 Å². The summed E-state index contributed by atoms with van der Waals surface area (Å²) in [6.07, 6.45) is 1.80. The average Bonchev–Trinajstić information content (AvgIpc) is 3.21. The van der Waals surface area contributed by atoms with Gasteiger partial charge in [-0.1, -0.05) is 12.1 Å². The van der Waals surface area contributed by atoms with E-state index in [0.29, 0.717) is 0 Å². The lowest BCUT2D eigenvalue weighted by Crippen LogP contribution is -2.36. The summed E-state index contributed by atoms with van der Waals surface area (Å²) in [5.74, 6) is -3.64. The summed E-state index contributed by atoms with van der Waals surface area (Å²) in [6.45, 7) is 2.13. The molecule has 1 saturated heterocycles. The molecule has 3 atom stereocenters. The number of benzene rings is 1. The van der Waals surface area contributed by atoms with E-state index in [1.165, 1.54) is 19.2 Å². The highest BCUT2D eigenvalue weighted by molar-refractivity contribution is 5.83. The van der Waals surface area contributed by atoms with Gasteiger partial charge in [0.2, 0.25) is 5.91 Å². The molecule has 9 heteroatoms. The number of rotatable bonds is 5. The number of hydrogen-bond donors (Lipinski definition) is 1. The maximum absolute atomic E-state index is 14.5. The van der Waals surface area contributed by atoms with Crippen molar-refractivity contribution < 1.29 is 23.1 Å². The van der Waals surface area contributed by atoms with Crippen LogP contribution >= 0.6 is 0 Å². The minimum atomic E-state index is -1.02. The fraction of sp³-hybridized carbons (Fsp3) is 0.450. The topological polar surface area (TPSA) is 76.5 Å². The lowest BCUT2D eigenvalue weighted by atomic mass is 9.91. The average molecular weight is 406 g/mol. The Morgan fingerprint density at radius 2 is 2.03 bits per heavy atom. The van der Waals surface area contributed by atoms with Crippen molar-refractivity contribution in [2.75, 3.05) is 14.2 Å². The number of nitrogens with zero attached hydrogens (tertiary/aromatic N) is 3. The van der Waals surface area contributed by atoms with Crippen molar-refractivity contribution in [2.24, 2.45) is 13.0 Å². The minimum Gasteiger partial charge on any atom is -0.468 e. The van der Waals surface area contributed by atoms with Crippen LogP contribution in [0.3, 0.4) is 0 Å². The summed E-state index contributed by atoms with van der Waals surface area (Å²) in [7, 11) is 4.66. The first-order valence-corrected chi connectivity index (χ1v) is 9.25.